The van der Waals surface area contributed by atoms with E-state index < -0.39 is 6.10 Å². The number of ketones is 1. The number of rotatable bonds is 5. The maximum absolute atomic E-state index is 13.4. The second kappa shape index (κ2) is 7.02. The molecule has 4 aliphatic rings. The highest BCUT2D eigenvalue weighted by Crippen LogP contribution is 2.60. The average molecular weight is 386 g/mol. The Hall–Kier alpha value is -2.60. The number of Topliss-reactive ketones (excluding diaryl/α,β-unsaturated/α-hetero) is 1. The lowest BCUT2D eigenvalue weighted by Crippen LogP contribution is -2.53. The summed E-state index contributed by atoms with van der Waals surface area (Å²) in [5, 5.41) is 8.94. The fourth-order valence-electron chi connectivity index (χ4n) is 6.56. The van der Waals surface area contributed by atoms with Crippen molar-refractivity contribution in [1.82, 2.24) is 0 Å². The molecule has 6 rings (SSSR count). The molecule has 1 unspecified atom stereocenters. The van der Waals surface area contributed by atoms with Crippen LogP contribution in [0.5, 0.6) is 5.75 Å². The summed E-state index contributed by atoms with van der Waals surface area (Å²) in [5.41, 5.74) is 2.68. The summed E-state index contributed by atoms with van der Waals surface area (Å²) in [5.74, 6) is 3.37. The summed E-state index contributed by atoms with van der Waals surface area (Å²) < 4.78 is 6.10. The molecule has 2 aromatic rings. The summed E-state index contributed by atoms with van der Waals surface area (Å²) in [7, 11) is 0. The number of nitrogens with zero attached hydrogens (tertiary/aromatic N) is 1. The third-order valence-electron chi connectivity index (χ3n) is 7.44. The minimum atomic E-state index is -0.396. The Labute approximate surface area is 172 Å². The Kier molecular flexibility index (Phi) is 4.46. The van der Waals surface area contributed by atoms with Crippen molar-refractivity contribution in [1.29, 1.82) is 5.26 Å². The Morgan fingerprint density at radius 2 is 1.41 bits per heavy atom. The highest BCUT2D eigenvalue weighted by Gasteiger charge is 2.55. The Morgan fingerprint density at radius 3 is 1.90 bits per heavy atom. The minimum absolute atomic E-state index is 0.114. The van der Waals surface area contributed by atoms with Crippen molar-refractivity contribution in [2.75, 3.05) is 0 Å². The fraction of sp³-hybridized carbons (Fsp3) is 0.462. The van der Waals surface area contributed by atoms with E-state index >= 15 is 0 Å². The van der Waals surface area contributed by atoms with Gasteiger partial charge in [0.15, 0.2) is 11.9 Å². The van der Waals surface area contributed by atoms with Crippen LogP contribution in [0.15, 0.2) is 48.5 Å². The van der Waals surface area contributed by atoms with Gasteiger partial charge in [-0.3, -0.25) is 4.79 Å². The van der Waals surface area contributed by atoms with Gasteiger partial charge in [0.1, 0.15) is 5.75 Å². The second-order valence-electron chi connectivity index (χ2n) is 9.54. The first-order chi connectivity index (χ1) is 14.0. The van der Waals surface area contributed by atoms with Gasteiger partial charge in [-0.1, -0.05) is 24.3 Å². The van der Waals surface area contributed by atoms with E-state index in [2.05, 4.69) is 6.07 Å². The van der Waals surface area contributed by atoms with E-state index in [-0.39, 0.29) is 5.41 Å². The lowest BCUT2D eigenvalue weighted by Gasteiger charge is -2.56. The summed E-state index contributed by atoms with van der Waals surface area (Å²) in [6.07, 6.45) is 6.90. The van der Waals surface area contributed by atoms with Crippen LogP contribution in [-0.2, 0) is 4.79 Å². The van der Waals surface area contributed by atoms with Crippen LogP contribution in [0.1, 0.15) is 51.0 Å². The van der Waals surface area contributed by atoms with Gasteiger partial charge in [-0.15, -0.1) is 0 Å². The molecule has 0 amide bonds. The molecule has 3 nitrogen and oxygen atoms in total. The molecule has 29 heavy (non-hydrogen) atoms. The lowest BCUT2D eigenvalue weighted by atomic mass is 9.48. The van der Waals surface area contributed by atoms with Crippen LogP contribution in [0.3, 0.4) is 0 Å². The molecule has 4 saturated carbocycles. The molecule has 0 N–H and O–H groups in total. The molecule has 148 valence electrons. The SMILES string of the molecule is CC(Oc1ccc(-c2ccc(C#N)cc2)cc1)C(=O)C12CC3CC(CC(C3)C1)C2. The largest absolute Gasteiger partial charge is 0.483 e. The molecule has 4 fully saturated rings. The number of hydrogen-bond acceptors (Lipinski definition) is 3. The first-order valence-electron chi connectivity index (χ1n) is 10.9. The van der Waals surface area contributed by atoms with Crippen molar-refractivity contribution >= 4 is 5.78 Å². The smallest absolute Gasteiger partial charge is 0.179 e. The molecule has 4 bridgehead atoms. The van der Waals surface area contributed by atoms with Crippen molar-refractivity contribution in [3.05, 3.63) is 54.1 Å². The molecule has 1 atom stereocenters. The highest BCUT2D eigenvalue weighted by molar-refractivity contribution is 5.89. The van der Waals surface area contributed by atoms with Gasteiger partial charge in [0.2, 0.25) is 0 Å². The Bertz CT molecular complexity index is 916. The van der Waals surface area contributed by atoms with Crippen LogP contribution in [0.4, 0.5) is 0 Å². The molecular formula is C26H27NO2. The van der Waals surface area contributed by atoms with E-state index in [0.717, 1.165) is 53.9 Å². The van der Waals surface area contributed by atoms with Gasteiger partial charge in [0.05, 0.1) is 11.6 Å². The molecule has 0 aliphatic heterocycles. The zero-order valence-corrected chi connectivity index (χ0v) is 16.9. The lowest BCUT2D eigenvalue weighted by molar-refractivity contribution is -0.150. The molecule has 0 radical (unpaired) electrons. The Balaban J connectivity index is 1.27. The van der Waals surface area contributed by atoms with Crippen LogP contribution in [-0.4, -0.2) is 11.9 Å². The second-order valence-corrected chi connectivity index (χ2v) is 9.54. The molecular weight excluding hydrogens is 358 g/mol. The van der Waals surface area contributed by atoms with E-state index in [1.165, 1.54) is 19.3 Å². The monoisotopic (exact) mass is 385 g/mol. The third kappa shape index (κ3) is 3.35. The first-order valence-corrected chi connectivity index (χ1v) is 10.9. The normalized spacial score (nSPS) is 30.6. The third-order valence-corrected chi connectivity index (χ3v) is 7.44. The molecule has 4 aliphatic carbocycles. The average Bonchev–Trinajstić information content (AvgIpc) is 2.73. The van der Waals surface area contributed by atoms with Gasteiger partial charge in [-0.25, -0.2) is 0 Å². The molecule has 0 saturated heterocycles. The first kappa shape index (κ1) is 18.4. The van der Waals surface area contributed by atoms with Crippen molar-refractivity contribution in [2.24, 2.45) is 23.2 Å². The van der Waals surface area contributed by atoms with Gasteiger partial charge in [0, 0.05) is 5.41 Å². The summed E-state index contributed by atoms with van der Waals surface area (Å²) >= 11 is 0. The van der Waals surface area contributed by atoms with Crippen molar-refractivity contribution in [3.63, 3.8) is 0 Å². The topological polar surface area (TPSA) is 50.1 Å². The summed E-state index contributed by atoms with van der Waals surface area (Å²) in [4.78, 5) is 13.4. The van der Waals surface area contributed by atoms with Crippen LogP contribution < -0.4 is 4.74 Å². The van der Waals surface area contributed by atoms with Crippen LogP contribution in [0.2, 0.25) is 0 Å². The standard InChI is InChI=1S/C26H27NO2/c1-17(25(28)26-13-19-10-20(14-26)12-21(11-19)15-26)29-24-8-6-23(7-9-24)22-4-2-18(16-27)3-5-22/h2-9,17,19-21H,10-15H2,1H3. The molecule has 0 aromatic heterocycles. The number of hydrogen-bond donors (Lipinski definition) is 0. The van der Waals surface area contributed by atoms with Crippen molar-refractivity contribution in [2.45, 2.75) is 51.6 Å². The summed E-state index contributed by atoms with van der Waals surface area (Å²) in [6.45, 7) is 1.93. The van der Waals surface area contributed by atoms with E-state index in [0.29, 0.717) is 11.3 Å². The maximum atomic E-state index is 13.4. The molecule has 0 spiro atoms. The zero-order chi connectivity index (χ0) is 20.0. The van der Waals surface area contributed by atoms with E-state index in [1.807, 2.05) is 55.5 Å². The molecule has 3 heteroatoms. The van der Waals surface area contributed by atoms with Crippen molar-refractivity contribution < 1.29 is 9.53 Å². The fourth-order valence-corrected chi connectivity index (χ4v) is 6.56. The van der Waals surface area contributed by atoms with Gasteiger partial charge in [0.25, 0.3) is 0 Å². The summed E-state index contributed by atoms with van der Waals surface area (Å²) in [6, 6.07) is 17.6. The van der Waals surface area contributed by atoms with E-state index in [1.54, 1.807) is 0 Å². The number of nitriles is 1. The van der Waals surface area contributed by atoms with Gasteiger partial charge < -0.3 is 4.74 Å². The van der Waals surface area contributed by atoms with Gasteiger partial charge in [-0.2, -0.15) is 5.26 Å². The number of carbonyl (C=O) groups is 1. The molecule has 0 heterocycles. The number of ether oxygens (including phenoxy) is 1. The minimum Gasteiger partial charge on any atom is -0.483 e. The van der Waals surface area contributed by atoms with Crippen molar-refractivity contribution in [3.8, 4) is 22.9 Å². The van der Waals surface area contributed by atoms with Crippen LogP contribution >= 0.6 is 0 Å². The maximum Gasteiger partial charge on any atom is 0.179 e. The van der Waals surface area contributed by atoms with E-state index in [9.17, 15) is 4.79 Å². The quantitative estimate of drug-likeness (QED) is 0.656. The highest BCUT2D eigenvalue weighted by atomic mass is 16.5. The van der Waals surface area contributed by atoms with Crippen LogP contribution in [0, 0.1) is 34.5 Å². The van der Waals surface area contributed by atoms with Gasteiger partial charge >= 0.3 is 0 Å². The number of carbonyl (C=O) groups excluding carboxylic acids is 1. The predicted molar refractivity (Wildman–Crippen MR) is 112 cm³/mol. The molecule has 2 aromatic carbocycles. The zero-order valence-electron chi connectivity index (χ0n) is 16.9. The Morgan fingerprint density at radius 1 is 0.931 bits per heavy atom. The van der Waals surface area contributed by atoms with Crippen LogP contribution in [0.25, 0.3) is 11.1 Å². The van der Waals surface area contributed by atoms with E-state index in [4.69, 9.17) is 10.00 Å². The van der Waals surface area contributed by atoms with Gasteiger partial charge in [-0.05, 0) is 98.6 Å². The number of benzene rings is 2. The predicted octanol–water partition coefficient (Wildman–Crippen LogP) is 5.78.